The second kappa shape index (κ2) is 6.61. The van der Waals surface area contributed by atoms with Crippen molar-refractivity contribution in [3.05, 3.63) is 18.2 Å². The molecule has 0 aromatic heterocycles. The quantitative estimate of drug-likeness (QED) is 0.726. The molecule has 6 nitrogen and oxygen atoms in total. The van der Waals surface area contributed by atoms with Crippen LogP contribution in [0.3, 0.4) is 0 Å². The first-order valence-electron chi connectivity index (χ1n) is 5.52. The third-order valence-electron chi connectivity index (χ3n) is 2.17. The third kappa shape index (κ3) is 4.06. The minimum Gasteiger partial charge on any atom is -0.494 e. The van der Waals surface area contributed by atoms with Crippen molar-refractivity contribution in [1.82, 2.24) is 0 Å². The molecule has 0 fully saturated rings. The fourth-order valence-electron chi connectivity index (χ4n) is 1.42. The number of ether oxygens (including phenoxy) is 1. The molecule has 0 bridgehead atoms. The number of hydrogen-bond donors (Lipinski definition) is 3. The van der Waals surface area contributed by atoms with Crippen LogP contribution in [0.2, 0.25) is 0 Å². The first-order chi connectivity index (χ1) is 8.56. The van der Waals surface area contributed by atoms with E-state index in [1.807, 2.05) is 0 Å². The molecule has 2 amide bonds. The molecular formula is C12H17N3O3. The van der Waals surface area contributed by atoms with Gasteiger partial charge in [0.1, 0.15) is 5.75 Å². The number of methoxy groups -OCH3 is 1. The topological polar surface area (TPSA) is 93.4 Å². The summed E-state index contributed by atoms with van der Waals surface area (Å²) in [6.45, 7) is 1.71. The van der Waals surface area contributed by atoms with Crippen LogP contribution in [-0.2, 0) is 9.59 Å². The lowest BCUT2D eigenvalue weighted by Crippen LogP contribution is -2.16. The van der Waals surface area contributed by atoms with Crippen LogP contribution >= 0.6 is 0 Å². The number of hydrogen-bond acceptors (Lipinski definition) is 4. The fraction of sp³-hybridized carbons (Fsp3) is 0.333. The Labute approximate surface area is 105 Å². The minimum absolute atomic E-state index is 0.160. The van der Waals surface area contributed by atoms with Crippen molar-refractivity contribution in [3.8, 4) is 5.75 Å². The van der Waals surface area contributed by atoms with E-state index in [9.17, 15) is 9.59 Å². The van der Waals surface area contributed by atoms with Crippen molar-refractivity contribution < 1.29 is 14.3 Å². The molecule has 0 radical (unpaired) electrons. The maximum atomic E-state index is 11.4. The van der Waals surface area contributed by atoms with E-state index in [0.29, 0.717) is 23.7 Å². The van der Waals surface area contributed by atoms with Gasteiger partial charge in [0, 0.05) is 31.6 Å². The van der Waals surface area contributed by atoms with Crippen LogP contribution < -0.4 is 21.1 Å². The Morgan fingerprint density at radius 2 is 2.06 bits per heavy atom. The van der Waals surface area contributed by atoms with E-state index in [1.54, 1.807) is 18.2 Å². The normalized spacial score (nSPS) is 9.72. The van der Waals surface area contributed by atoms with Crippen molar-refractivity contribution in [2.45, 2.75) is 13.3 Å². The molecule has 1 rings (SSSR count). The minimum atomic E-state index is -0.187. The van der Waals surface area contributed by atoms with Gasteiger partial charge in [0.25, 0.3) is 0 Å². The van der Waals surface area contributed by atoms with Gasteiger partial charge >= 0.3 is 0 Å². The molecule has 18 heavy (non-hydrogen) atoms. The summed E-state index contributed by atoms with van der Waals surface area (Å²) in [5, 5.41) is 5.32. The number of anilines is 2. The standard InChI is InChI=1S/C12H17N3O3/c1-8(16)14-10-4-3-9(7-11(10)18-2)15-12(17)5-6-13/h3-4,7H,5-6,13H2,1-2H3,(H,14,16)(H,15,17). The largest absolute Gasteiger partial charge is 0.494 e. The highest BCUT2D eigenvalue weighted by atomic mass is 16.5. The van der Waals surface area contributed by atoms with Crippen LogP contribution in [0.5, 0.6) is 5.75 Å². The summed E-state index contributed by atoms with van der Waals surface area (Å²) in [6, 6.07) is 4.99. The predicted molar refractivity (Wildman–Crippen MR) is 69.6 cm³/mol. The summed E-state index contributed by atoms with van der Waals surface area (Å²) in [5.74, 6) is 0.135. The molecule has 4 N–H and O–H groups in total. The van der Waals surface area contributed by atoms with Gasteiger partial charge in [0.2, 0.25) is 11.8 Å². The summed E-state index contributed by atoms with van der Waals surface area (Å²) in [7, 11) is 1.49. The number of amides is 2. The molecule has 98 valence electrons. The number of carbonyl (C=O) groups excluding carboxylic acids is 2. The Bertz CT molecular complexity index is 446. The lowest BCUT2D eigenvalue weighted by molar-refractivity contribution is -0.116. The molecule has 0 saturated heterocycles. The second-order valence-electron chi connectivity index (χ2n) is 3.68. The van der Waals surface area contributed by atoms with Crippen LogP contribution in [0.25, 0.3) is 0 Å². The Balaban J connectivity index is 2.84. The molecule has 0 heterocycles. The van der Waals surface area contributed by atoms with Gasteiger partial charge in [-0.2, -0.15) is 0 Å². The molecule has 0 aliphatic heterocycles. The van der Waals surface area contributed by atoms with Gasteiger partial charge in [-0.3, -0.25) is 9.59 Å². The highest BCUT2D eigenvalue weighted by Gasteiger charge is 2.07. The van der Waals surface area contributed by atoms with E-state index < -0.39 is 0 Å². The third-order valence-corrected chi connectivity index (χ3v) is 2.17. The van der Waals surface area contributed by atoms with E-state index in [4.69, 9.17) is 10.5 Å². The summed E-state index contributed by atoms with van der Waals surface area (Å²) in [5.41, 5.74) is 6.44. The Morgan fingerprint density at radius 1 is 1.33 bits per heavy atom. The zero-order chi connectivity index (χ0) is 13.5. The Morgan fingerprint density at radius 3 is 2.61 bits per heavy atom. The van der Waals surface area contributed by atoms with Crippen molar-refractivity contribution in [2.24, 2.45) is 5.73 Å². The molecule has 1 aromatic rings. The van der Waals surface area contributed by atoms with Crippen molar-refractivity contribution in [3.63, 3.8) is 0 Å². The van der Waals surface area contributed by atoms with E-state index in [1.165, 1.54) is 14.0 Å². The lowest BCUT2D eigenvalue weighted by atomic mass is 10.2. The molecule has 0 aliphatic rings. The molecule has 1 aromatic carbocycles. The van der Waals surface area contributed by atoms with Crippen LogP contribution in [0, 0.1) is 0 Å². The molecule has 0 atom stereocenters. The molecule has 0 saturated carbocycles. The summed E-state index contributed by atoms with van der Waals surface area (Å²) in [6.07, 6.45) is 0.260. The average Bonchev–Trinajstić information content (AvgIpc) is 2.30. The number of nitrogens with two attached hydrogens (primary N) is 1. The van der Waals surface area contributed by atoms with Crippen molar-refractivity contribution in [2.75, 3.05) is 24.3 Å². The lowest BCUT2D eigenvalue weighted by Gasteiger charge is -2.11. The van der Waals surface area contributed by atoms with Crippen LogP contribution in [-0.4, -0.2) is 25.5 Å². The Hall–Kier alpha value is -2.08. The Kier molecular flexibility index (Phi) is 5.13. The number of carbonyl (C=O) groups is 2. The predicted octanol–water partition coefficient (Wildman–Crippen LogP) is 0.941. The van der Waals surface area contributed by atoms with E-state index in [2.05, 4.69) is 10.6 Å². The van der Waals surface area contributed by atoms with E-state index >= 15 is 0 Å². The average molecular weight is 251 g/mol. The molecule has 0 spiro atoms. The van der Waals surface area contributed by atoms with E-state index in [0.717, 1.165) is 0 Å². The maximum Gasteiger partial charge on any atom is 0.225 e. The van der Waals surface area contributed by atoms with Gasteiger partial charge in [-0.25, -0.2) is 0 Å². The van der Waals surface area contributed by atoms with Gasteiger partial charge in [-0.15, -0.1) is 0 Å². The van der Waals surface area contributed by atoms with Crippen LogP contribution in [0.15, 0.2) is 18.2 Å². The second-order valence-corrected chi connectivity index (χ2v) is 3.68. The number of nitrogens with one attached hydrogen (secondary N) is 2. The first kappa shape index (κ1) is 14.0. The van der Waals surface area contributed by atoms with E-state index in [-0.39, 0.29) is 18.2 Å². The molecule has 0 aliphatic carbocycles. The summed E-state index contributed by atoms with van der Waals surface area (Å²) >= 11 is 0. The van der Waals surface area contributed by atoms with Crippen LogP contribution in [0.4, 0.5) is 11.4 Å². The summed E-state index contributed by atoms with van der Waals surface area (Å²) in [4.78, 5) is 22.4. The van der Waals surface area contributed by atoms with Gasteiger partial charge in [-0.05, 0) is 12.1 Å². The van der Waals surface area contributed by atoms with Crippen molar-refractivity contribution in [1.29, 1.82) is 0 Å². The van der Waals surface area contributed by atoms with Gasteiger partial charge in [0.05, 0.1) is 12.8 Å². The maximum absolute atomic E-state index is 11.4. The van der Waals surface area contributed by atoms with Crippen molar-refractivity contribution >= 4 is 23.2 Å². The summed E-state index contributed by atoms with van der Waals surface area (Å²) < 4.78 is 5.14. The zero-order valence-electron chi connectivity index (χ0n) is 10.4. The molecule has 0 unspecified atom stereocenters. The number of rotatable bonds is 5. The smallest absolute Gasteiger partial charge is 0.225 e. The van der Waals surface area contributed by atoms with Gasteiger partial charge < -0.3 is 21.1 Å². The van der Waals surface area contributed by atoms with Gasteiger partial charge in [0.15, 0.2) is 0 Å². The highest BCUT2D eigenvalue weighted by Crippen LogP contribution is 2.27. The molecular weight excluding hydrogens is 234 g/mol. The van der Waals surface area contributed by atoms with Crippen LogP contribution in [0.1, 0.15) is 13.3 Å². The van der Waals surface area contributed by atoms with Gasteiger partial charge in [-0.1, -0.05) is 0 Å². The zero-order valence-corrected chi connectivity index (χ0v) is 10.4. The SMILES string of the molecule is COc1cc(NC(=O)CCN)ccc1NC(C)=O. The fourth-order valence-corrected chi connectivity index (χ4v) is 1.42. The number of benzene rings is 1. The molecule has 6 heteroatoms. The monoisotopic (exact) mass is 251 g/mol. The highest BCUT2D eigenvalue weighted by molar-refractivity contribution is 5.93. The first-order valence-corrected chi connectivity index (χ1v) is 5.52.